The van der Waals surface area contributed by atoms with Crippen molar-refractivity contribution in [2.45, 2.75) is 0 Å². The number of carboxylic acids is 2. The number of hydrogen-bond donors (Lipinski definition) is 2. The molecule has 3 aliphatic rings. The van der Waals surface area contributed by atoms with Crippen LogP contribution in [0.5, 0.6) is 23.0 Å². The molecule has 2 aromatic heterocycles. The molecule has 0 unspecified atom stereocenters. The molecule has 0 bridgehead atoms. The third kappa shape index (κ3) is 7.82. The van der Waals surface area contributed by atoms with Crippen LogP contribution in [0.25, 0.3) is 43.5 Å². The average Bonchev–Trinajstić information content (AvgIpc) is 3.96. The molecule has 3 aromatic carbocycles. The Kier molecular flexibility index (Phi) is 12.1. The molecule has 5 heterocycles. The highest BCUT2D eigenvalue weighted by atomic mass is 32.3. The number of thiophene rings is 2. The molecule has 0 fully saturated rings. The van der Waals surface area contributed by atoms with Crippen molar-refractivity contribution in [2.24, 2.45) is 0 Å². The van der Waals surface area contributed by atoms with Gasteiger partial charge in [-0.3, -0.25) is 0 Å². The van der Waals surface area contributed by atoms with Crippen molar-refractivity contribution >= 4 is 125 Å². The molecule has 10 nitrogen and oxygen atoms in total. The number of nitrogens with zero attached hydrogens (tertiary/aromatic N) is 2. The molecule has 2 N–H and O–H groups in total. The van der Waals surface area contributed by atoms with Crippen molar-refractivity contribution in [3.05, 3.63) is 98.1 Å². The first kappa shape index (κ1) is 40.9. The number of hydrogen-bond acceptors (Lipinski definition) is 14. The highest BCUT2D eigenvalue weighted by Gasteiger charge is 2.27. The summed E-state index contributed by atoms with van der Waals surface area (Å²) in [5.74, 6) is 11.8. The summed E-state index contributed by atoms with van der Waals surface area (Å²) < 4.78 is 27.5. The number of carboxylic acid groups (broad SMARTS) is 2. The summed E-state index contributed by atoms with van der Waals surface area (Å²) in [5, 5.41) is 43.9. The lowest BCUT2D eigenvalue weighted by atomic mass is 9.95. The second-order valence-electron chi connectivity index (χ2n) is 12.4. The van der Waals surface area contributed by atoms with Crippen LogP contribution in [0, 0.1) is 46.3 Å². The van der Waals surface area contributed by atoms with Gasteiger partial charge in [0.05, 0.1) is 28.0 Å². The maximum Gasteiger partial charge on any atom is 0.346 e. The van der Waals surface area contributed by atoms with Crippen LogP contribution in [0.2, 0.25) is 0 Å². The van der Waals surface area contributed by atoms with Crippen LogP contribution < -0.4 is 29.4 Å². The molecule has 0 aliphatic carbocycles. The second kappa shape index (κ2) is 17.8. The molecule has 0 atom stereocenters. The van der Waals surface area contributed by atoms with E-state index >= 15 is 0 Å². The van der Waals surface area contributed by atoms with E-state index in [1.165, 1.54) is 24.9 Å². The minimum atomic E-state index is -1.37. The largest absolute Gasteiger partial charge is 0.485 e. The lowest BCUT2D eigenvalue weighted by Crippen LogP contribution is -2.17. The molecular weight excluding hydrogens is 877 g/mol. The third-order valence-corrected chi connectivity index (χ3v) is 16.3. The fraction of sp³-hybridized carbons (Fsp3) is 0.136. The van der Waals surface area contributed by atoms with Crippen molar-refractivity contribution in [1.82, 2.24) is 0 Å². The van der Waals surface area contributed by atoms with Gasteiger partial charge in [0.25, 0.3) is 0 Å². The number of fused-ring (bicyclic) bond motifs is 4. The Morgan fingerprint density at radius 3 is 1.43 bits per heavy atom. The first-order chi connectivity index (χ1) is 29.2. The van der Waals surface area contributed by atoms with E-state index < -0.39 is 23.1 Å². The van der Waals surface area contributed by atoms with Crippen molar-refractivity contribution < 1.29 is 38.7 Å². The molecular formula is C44H26N2O8S6. The lowest BCUT2D eigenvalue weighted by Gasteiger charge is -2.15. The number of benzene rings is 3. The summed E-state index contributed by atoms with van der Waals surface area (Å²) in [4.78, 5) is 25.2. The van der Waals surface area contributed by atoms with Gasteiger partial charge in [0, 0.05) is 10.4 Å². The SMILES string of the molecule is CSC1=C(SC)SC(=c2c3ccccc3c(=C(C#Cc3sc(/C=C(/C#N)C(=O)O)c4c3OCCO4)C#Cc3sc(/C=C(\C#N)C(=O)O)c4c3OCCO4)c3ccccc23)S1. The van der Waals surface area contributed by atoms with E-state index in [2.05, 4.69) is 60.5 Å². The van der Waals surface area contributed by atoms with Crippen molar-refractivity contribution in [1.29, 1.82) is 10.5 Å². The van der Waals surface area contributed by atoms with Gasteiger partial charge in [0.2, 0.25) is 0 Å². The van der Waals surface area contributed by atoms with Crippen LogP contribution in [-0.4, -0.2) is 61.1 Å². The molecule has 16 heteroatoms. The second-order valence-corrected chi connectivity index (χ2v) is 19.0. The quantitative estimate of drug-likeness (QED) is 0.0726. The summed E-state index contributed by atoms with van der Waals surface area (Å²) in [5.41, 5.74) is -0.485. The van der Waals surface area contributed by atoms with Crippen molar-refractivity contribution in [2.75, 3.05) is 38.9 Å². The van der Waals surface area contributed by atoms with Gasteiger partial charge in [-0.2, -0.15) is 10.5 Å². The fourth-order valence-corrected chi connectivity index (χ4v) is 13.6. The highest BCUT2D eigenvalue weighted by molar-refractivity contribution is 8.45. The highest BCUT2D eigenvalue weighted by Crippen LogP contribution is 2.57. The zero-order valence-corrected chi connectivity index (χ0v) is 36.2. The minimum Gasteiger partial charge on any atom is -0.485 e. The molecule has 0 radical (unpaired) electrons. The Balaban J connectivity index is 1.44. The molecule has 8 rings (SSSR count). The molecule has 296 valence electrons. The Bertz CT molecular complexity index is 2940. The van der Waals surface area contributed by atoms with Gasteiger partial charge in [-0.1, -0.05) is 83.9 Å². The number of aliphatic carboxylic acids is 2. The smallest absolute Gasteiger partial charge is 0.346 e. The molecule has 60 heavy (non-hydrogen) atoms. The van der Waals surface area contributed by atoms with Crippen LogP contribution in [0.3, 0.4) is 0 Å². The molecule has 0 saturated carbocycles. The van der Waals surface area contributed by atoms with Crippen LogP contribution in [0.1, 0.15) is 19.5 Å². The van der Waals surface area contributed by atoms with E-state index in [1.54, 1.807) is 59.2 Å². The topological polar surface area (TPSA) is 159 Å². The van der Waals surface area contributed by atoms with E-state index in [9.17, 15) is 30.3 Å². The van der Waals surface area contributed by atoms with Gasteiger partial charge in [0.15, 0.2) is 23.0 Å². The Morgan fingerprint density at radius 2 is 1.05 bits per heavy atom. The Hall–Kier alpha value is -5.82. The van der Waals surface area contributed by atoms with E-state index in [4.69, 9.17) is 18.9 Å². The van der Waals surface area contributed by atoms with Crippen molar-refractivity contribution in [3.63, 3.8) is 0 Å². The normalized spacial score (nSPS) is 14.5. The van der Waals surface area contributed by atoms with Crippen LogP contribution in [0.4, 0.5) is 0 Å². The number of nitriles is 2. The van der Waals surface area contributed by atoms with Gasteiger partial charge in [-0.25, -0.2) is 9.59 Å². The van der Waals surface area contributed by atoms with Gasteiger partial charge in [0.1, 0.15) is 59.5 Å². The summed E-state index contributed by atoms with van der Waals surface area (Å²) in [6.07, 6.45) is 6.68. The molecule has 0 spiro atoms. The minimum absolute atomic E-state index is 0.234. The molecule has 0 amide bonds. The number of thioether (sulfide) groups is 4. The fourth-order valence-electron chi connectivity index (χ4n) is 6.48. The molecule has 5 aromatic rings. The van der Waals surface area contributed by atoms with Gasteiger partial charge in [-0.05, 0) is 58.0 Å². The van der Waals surface area contributed by atoms with E-state index in [1.807, 2.05) is 24.3 Å². The maximum atomic E-state index is 11.8. The summed E-state index contributed by atoms with van der Waals surface area (Å²) in [7, 11) is 0. The number of carbonyl (C=O) groups is 2. The molecule has 3 aliphatic heterocycles. The van der Waals surface area contributed by atoms with Gasteiger partial charge < -0.3 is 29.2 Å². The van der Waals surface area contributed by atoms with Crippen molar-refractivity contribution in [3.8, 4) is 58.8 Å². The predicted octanol–water partition coefficient (Wildman–Crippen LogP) is 8.29. The summed E-state index contributed by atoms with van der Waals surface area (Å²) in [6, 6.07) is 19.7. The molecule has 0 saturated heterocycles. The van der Waals surface area contributed by atoms with Crippen LogP contribution in [-0.2, 0) is 9.59 Å². The lowest BCUT2D eigenvalue weighted by molar-refractivity contribution is -0.133. The predicted molar refractivity (Wildman–Crippen MR) is 244 cm³/mol. The van der Waals surface area contributed by atoms with E-state index in [0.717, 1.165) is 54.7 Å². The standard InChI is InChI=1S/C44H26N2O8S6/c1-55-43-44(56-2)60-42(59-43)35-28-9-5-3-7-26(28)34(27-8-4-6-10-29(27)35)23(11-13-30-36-38(53-17-15-51-36)32(57-30)19-24(21-45)40(47)48)12-14-31-37-39(54-18-16-52-37)33(58-31)20-25(22-46)41(49)50/h3-10,19-20H,15-18H2,1-2H3,(H,47,48)(H,49,50)/b24-19-,25-20+. The maximum absolute atomic E-state index is 11.8. The monoisotopic (exact) mass is 902 g/mol. The van der Waals surface area contributed by atoms with Crippen LogP contribution >= 0.6 is 69.7 Å². The first-order valence-electron chi connectivity index (χ1n) is 17.7. The summed E-state index contributed by atoms with van der Waals surface area (Å²) in [6.45, 7) is 0.962. The van der Waals surface area contributed by atoms with E-state index in [0.29, 0.717) is 48.1 Å². The van der Waals surface area contributed by atoms with Gasteiger partial charge >= 0.3 is 11.9 Å². The summed E-state index contributed by atoms with van der Waals surface area (Å²) >= 11 is 9.28. The third-order valence-electron chi connectivity index (χ3n) is 9.00. The zero-order chi connectivity index (χ0) is 41.9. The number of ether oxygens (including phenoxy) is 4. The van der Waals surface area contributed by atoms with E-state index in [-0.39, 0.29) is 26.4 Å². The zero-order valence-electron chi connectivity index (χ0n) is 31.3. The average molecular weight is 903 g/mol. The number of rotatable bonds is 6. The first-order valence-corrected chi connectivity index (χ1v) is 23.4. The Labute approximate surface area is 367 Å². The van der Waals surface area contributed by atoms with Crippen LogP contribution in [0.15, 0.2) is 68.2 Å². The van der Waals surface area contributed by atoms with Gasteiger partial charge in [-0.15, -0.1) is 46.2 Å². The Morgan fingerprint density at radius 1 is 0.650 bits per heavy atom.